The monoisotopic (exact) mass is 511 g/mol. The minimum absolute atomic E-state index is 0.00385. The van der Waals surface area contributed by atoms with Gasteiger partial charge >= 0.3 is 12.3 Å². The zero-order chi connectivity index (χ0) is 27.0. The molecule has 5 rings (SSSR count). The number of aromatic carboxylic acids is 1. The summed E-state index contributed by atoms with van der Waals surface area (Å²) in [6.45, 7) is 5.47. The maximum Gasteiger partial charge on any atom is 0.586 e. The van der Waals surface area contributed by atoms with E-state index in [1.807, 2.05) is 26.8 Å². The molecule has 37 heavy (non-hydrogen) atoms. The van der Waals surface area contributed by atoms with Gasteiger partial charge in [-0.05, 0) is 77.9 Å². The van der Waals surface area contributed by atoms with Gasteiger partial charge < -0.3 is 25.0 Å². The summed E-state index contributed by atoms with van der Waals surface area (Å²) in [7, 11) is 0. The standard InChI is InChI=1S/C26H21F2NO6.C2H6/c1-14-2-6-18(12-19(14)15-3-4-16(13-30)20(10-15)23(31)32)29-24(33)25(8-9-25)17-5-7-21-22(11-17)35-26(27,28)34-21;1-2/h2-7,10-12,30H,8-9,13H2,1H3,(H,29,33)(H,31,32);1-2H3. The molecule has 0 saturated heterocycles. The molecule has 3 N–H and O–H groups in total. The Labute approximate surface area is 212 Å². The first-order valence-corrected chi connectivity index (χ1v) is 11.9. The van der Waals surface area contributed by atoms with E-state index in [9.17, 15) is 28.6 Å². The lowest BCUT2D eigenvalue weighted by atomic mass is 9.93. The third kappa shape index (κ3) is 4.99. The van der Waals surface area contributed by atoms with Crippen LogP contribution in [0.15, 0.2) is 54.6 Å². The number of carboxylic acids is 1. The van der Waals surface area contributed by atoms with Crippen LogP contribution in [0.1, 0.15) is 53.7 Å². The summed E-state index contributed by atoms with van der Waals surface area (Å²) in [6.07, 6.45) is -2.62. The molecule has 0 bridgehead atoms. The van der Waals surface area contributed by atoms with Gasteiger partial charge in [0.1, 0.15) is 0 Å². The van der Waals surface area contributed by atoms with Crippen molar-refractivity contribution in [2.75, 3.05) is 5.32 Å². The number of carbonyl (C=O) groups excluding carboxylic acids is 1. The number of aliphatic hydroxyl groups is 1. The summed E-state index contributed by atoms with van der Waals surface area (Å²) >= 11 is 0. The predicted octanol–water partition coefficient (Wildman–Crippen LogP) is 5.87. The molecular weight excluding hydrogens is 484 g/mol. The normalized spacial score (nSPS) is 15.8. The fraction of sp³-hybridized carbons (Fsp3) is 0.286. The fourth-order valence-electron chi connectivity index (χ4n) is 4.36. The minimum atomic E-state index is -3.73. The first kappa shape index (κ1) is 26.1. The van der Waals surface area contributed by atoms with Gasteiger partial charge in [-0.1, -0.05) is 38.1 Å². The van der Waals surface area contributed by atoms with E-state index in [0.717, 1.165) is 11.1 Å². The molecule has 0 aromatic heterocycles. The Kier molecular flexibility index (Phi) is 6.92. The molecule has 1 amide bonds. The maximum atomic E-state index is 13.4. The molecule has 194 valence electrons. The number of nitrogens with one attached hydrogen (secondary N) is 1. The average molecular weight is 512 g/mol. The van der Waals surface area contributed by atoms with Gasteiger partial charge in [-0.15, -0.1) is 8.78 Å². The number of hydrogen-bond acceptors (Lipinski definition) is 5. The topological polar surface area (TPSA) is 105 Å². The number of ether oxygens (including phenoxy) is 2. The first-order chi connectivity index (χ1) is 17.6. The summed E-state index contributed by atoms with van der Waals surface area (Å²) < 4.78 is 35.7. The maximum absolute atomic E-state index is 13.4. The van der Waals surface area contributed by atoms with E-state index in [1.165, 1.54) is 18.2 Å². The van der Waals surface area contributed by atoms with Crippen molar-refractivity contribution in [1.82, 2.24) is 0 Å². The Bertz CT molecular complexity index is 1370. The SMILES string of the molecule is CC.Cc1ccc(NC(=O)C2(c3ccc4c(c3)OC(F)(F)O4)CC2)cc1-c1ccc(CO)c(C(=O)O)c1. The van der Waals surface area contributed by atoms with Gasteiger partial charge in [0.05, 0.1) is 17.6 Å². The molecule has 1 fully saturated rings. The van der Waals surface area contributed by atoms with Crippen molar-refractivity contribution in [2.24, 2.45) is 0 Å². The Morgan fingerprint density at radius 2 is 1.68 bits per heavy atom. The van der Waals surface area contributed by atoms with Crippen LogP contribution >= 0.6 is 0 Å². The van der Waals surface area contributed by atoms with E-state index in [2.05, 4.69) is 14.8 Å². The molecule has 7 nitrogen and oxygen atoms in total. The van der Waals surface area contributed by atoms with Crippen LogP contribution in [-0.2, 0) is 16.8 Å². The van der Waals surface area contributed by atoms with Crippen molar-refractivity contribution in [1.29, 1.82) is 0 Å². The highest BCUT2D eigenvalue weighted by Crippen LogP contribution is 2.52. The minimum Gasteiger partial charge on any atom is -0.478 e. The van der Waals surface area contributed by atoms with Crippen LogP contribution in [0.5, 0.6) is 11.5 Å². The van der Waals surface area contributed by atoms with Crippen molar-refractivity contribution < 1.29 is 38.1 Å². The van der Waals surface area contributed by atoms with Gasteiger partial charge in [0.15, 0.2) is 11.5 Å². The quantitative estimate of drug-likeness (QED) is 0.382. The molecule has 1 aliphatic heterocycles. The van der Waals surface area contributed by atoms with Crippen molar-refractivity contribution in [3.05, 3.63) is 76.9 Å². The summed E-state index contributed by atoms with van der Waals surface area (Å²) in [5.74, 6) is -1.61. The lowest BCUT2D eigenvalue weighted by Crippen LogP contribution is -2.28. The zero-order valence-electron chi connectivity index (χ0n) is 20.6. The average Bonchev–Trinajstić information content (AvgIpc) is 3.63. The second-order valence-corrected chi connectivity index (χ2v) is 8.73. The van der Waals surface area contributed by atoms with Crippen molar-refractivity contribution in [3.63, 3.8) is 0 Å². The molecule has 1 heterocycles. The second kappa shape index (κ2) is 9.82. The molecule has 1 saturated carbocycles. The molecule has 9 heteroatoms. The second-order valence-electron chi connectivity index (χ2n) is 8.73. The van der Waals surface area contributed by atoms with Crippen molar-refractivity contribution in [3.8, 4) is 22.6 Å². The van der Waals surface area contributed by atoms with Crippen LogP contribution in [-0.4, -0.2) is 28.4 Å². The number of benzene rings is 3. The molecule has 0 spiro atoms. The van der Waals surface area contributed by atoms with Gasteiger partial charge in [-0.25, -0.2) is 4.79 Å². The molecule has 0 radical (unpaired) electrons. The fourth-order valence-corrected chi connectivity index (χ4v) is 4.36. The number of aliphatic hydroxyl groups excluding tert-OH is 1. The van der Waals surface area contributed by atoms with Crippen LogP contribution in [0.3, 0.4) is 0 Å². The van der Waals surface area contributed by atoms with Gasteiger partial charge in [-0.3, -0.25) is 4.79 Å². The van der Waals surface area contributed by atoms with Crippen molar-refractivity contribution in [2.45, 2.75) is 51.9 Å². The largest absolute Gasteiger partial charge is 0.586 e. The number of hydrogen-bond donors (Lipinski definition) is 3. The lowest BCUT2D eigenvalue weighted by Gasteiger charge is -2.17. The number of anilines is 1. The van der Waals surface area contributed by atoms with E-state index in [1.54, 1.807) is 30.3 Å². The Morgan fingerprint density at radius 3 is 2.32 bits per heavy atom. The number of fused-ring (bicyclic) bond motifs is 1. The number of carbonyl (C=O) groups is 2. The van der Waals surface area contributed by atoms with Gasteiger partial charge in [0.2, 0.25) is 5.91 Å². The summed E-state index contributed by atoms with van der Waals surface area (Å²) in [6, 6.07) is 14.5. The molecule has 3 aromatic rings. The zero-order valence-corrected chi connectivity index (χ0v) is 20.6. The van der Waals surface area contributed by atoms with Crippen LogP contribution in [0.2, 0.25) is 0 Å². The van der Waals surface area contributed by atoms with Crippen molar-refractivity contribution >= 4 is 17.6 Å². The third-order valence-corrected chi connectivity index (χ3v) is 6.46. The highest BCUT2D eigenvalue weighted by atomic mass is 19.3. The molecule has 3 aromatic carbocycles. The van der Waals surface area contributed by atoms with Gasteiger partial charge in [0, 0.05) is 5.69 Å². The van der Waals surface area contributed by atoms with E-state index in [-0.39, 0.29) is 23.0 Å². The summed E-state index contributed by atoms with van der Waals surface area (Å²) in [5.41, 5.74) is 2.75. The van der Waals surface area contributed by atoms with Gasteiger partial charge in [-0.2, -0.15) is 0 Å². The van der Waals surface area contributed by atoms with E-state index in [0.29, 0.717) is 35.2 Å². The van der Waals surface area contributed by atoms with Crippen LogP contribution < -0.4 is 14.8 Å². The lowest BCUT2D eigenvalue weighted by molar-refractivity contribution is -0.286. The molecular formula is C28H27F2NO6. The number of rotatable bonds is 6. The Hall–Kier alpha value is -3.98. The molecule has 0 unspecified atom stereocenters. The van der Waals surface area contributed by atoms with E-state index in [4.69, 9.17) is 0 Å². The van der Waals surface area contributed by atoms with Gasteiger partial charge in [0.25, 0.3) is 0 Å². The van der Waals surface area contributed by atoms with Crippen LogP contribution in [0, 0.1) is 6.92 Å². The number of carboxylic acid groups (broad SMARTS) is 1. The molecule has 0 atom stereocenters. The Balaban J connectivity index is 0.00000156. The summed E-state index contributed by atoms with van der Waals surface area (Å²) in [5, 5.41) is 21.8. The smallest absolute Gasteiger partial charge is 0.478 e. The van der Waals surface area contributed by atoms with E-state index < -0.39 is 24.3 Å². The predicted molar refractivity (Wildman–Crippen MR) is 133 cm³/mol. The van der Waals surface area contributed by atoms with Crippen LogP contribution in [0.4, 0.5) is 14.5 Å². The number of amides is 1. The highest BCUT2D eigenvalue weighted by molar-refractivity contribution is 6.02. The number of aryl methyl sites for hydroxylation is 1. The highest BCUT2D eigenvalue weighted by Gasteiger charge is 2.52. The third-order valence-electron chi connectivity index (χ3n) is 6.46. The summed E-state index contributed by atoms with van der Waals surface area (Å²) in [4.78, 5) is 24.8. The number of alkyl halides is 2. The molecule has 2 aliphatic rings. The van der Waals surface area contributed by atoms with Crippen LogP contribution in [0.25, 0.3) is 11.1 Å². The molecule has 1 aliphatic carbocycles. The number of halogens is 2. The Morgan fingerprint density at radius 1 is 0.973 bits per heavy atom. The first-order valence-electron chi connectivity index (χ1n) is 11.9. The van der Waals surface area contributed by atoms with E-state index >= 15 is 0 Å².